The van der Waals surface area contributed by atoms with Crippen LogP contribution >= 0.6 is 11.3 Å². The van der Waals surface area contributed by atoms with Crippen molar-refractivity contribution in [3.05, 3.63) is 45.8 Å². The number of likely N-dealkylation sites (tertiary alicyclic amines) is 1. The molecule has 0 unspecified atom stereocenters. The number of nitrogens with zero attached hydrogens (tertiary/aromatic N) is 2. The molecule has 0 saturated carbocycles. The predicted octanol–water partition coefficient (Wildman–Crippen LogP) is 4.50. The number of nitro benzene ring substituents is 1. The molecule has 2 heterocycles. The van der Waals surface area contributed by atoms with Crippen molar-refractivity contribution in [2.75, 3.05) is 25.4 Å². The Morgan fingerprint density at radius 3 is 2.43 bits per heavy atom. The first-order valence-electron chi connectivity index (χ1n) is 9.86. The smallest absolute Gasteiger partial charge is 0.410 e. The minimum absolute atomic E-state index is 0.0460. The van der Waals surface area contributed by atoms with E-state index in [4.69, 9.17) is 16.2 Å². The highest BCUT2D eigenvalue weighted by atomic mass is 32.1. The number of rotatable bonds is 3. The normalized spacial score (nSPS) is 14.6. The Hall–Kier alpha value is -2.65. The van der Waals surface area contributed by atoms with Gasteiger partial charge >= 0.3 is 6.09 Å². The largest absolute Gasteiger partial charge is 0.444 e. The molecular formula is C21H30N4O4S. The Morgan fingerprint density at radius 1 is 1.30 bits per heavy atom. The monoisotopic (exact) mass is 434 g/mol. The second-order valence-electron chi connectivity index (χ2n) is 8.15. The number of hydrogen-bond acceptors (Lipinski definition) is 7. The summed E-state index contributed by atoms with van der Waals surface area (Å²) in [5, 5.41) is 12.5. The van der Waals surface area contributed by atoms with Gasteiger partial charge in [-0.2, -0.15) is 0 Å². The molecule has 0 atom stereocenters. The van der Waals surface area contributed by atoms with Crippen molar-refractivity contribution in [3.63, 3.8) is 0 Å². The Bertz CT molecular complexity index is 841. The summed E-state index contributed by atoms with van der Waals surface area (Å²) in [4.78, 5) is 24.6. The summed E-state index contributed by atoms with van der Waals surface area (Å²) in [5.74, 6) is 0.573. The number of nitro groups is 1. The number of amides is 1. The van der Waals surface area contributed by atoms with Crippen LogP contribution in [0.2, 0.25) is 0 Å². The van der Waals surface area contributed by atoms with Gasteiger partial charge in [0, 0.05) is 24.0 Å². The fourth-order valence-electron chi connectivity index (χ4n) is 2.99. The van der Waals surface area contributed by atoms with Crippen LogP contribution in [-0.4, -0.2) is 41.2 Å². The lowest BCUT2D eigenvalue weighted by atomic mass is 9.97. The van der Waals surface area contributed by atoms with Crippen LogP contribution in [0.1, 0.15) is 33.6 Å². The lowest BCUT2D eigenvalue weighted by molar-refractivity contribution is -0.383. The van der Waals surface area contributed by atoms with Crippen LogP contribution in [0.25, 0.3) is 10.4 Å². The molecule has 1 amide bonds. The van der Waals surface area contributed by atoms with Gasteiger partial charge in [0.05, 0.1) is 4.92 Å². The highest BCUT2D eigenvalue weighted by Gasteiger charge is 2.26. The minimum atomic E-state index is -0.479. The maximum Gasteiger partial charge on any atom is 0.410 e. The first-order valence-corrected chi connectivity index (χ1v) is 10.7. The molecule has 8 nitrogen and oxygen atoms in total. The van der Waals surface area contributed by atoms with E-state index in [1.807, 2.05) is 38.3 Å². The maximum absolute atomic E-state index is 11.7. The van der Waals surface area contributed by atoms with E-state index in [0.717, 1.165) is 42.9 Å². The average molecular weight is 435 g/mol. The summed E-state index contributed by atoms with van der Waals surface area (Å²) in [5.41, 5.74) is 11.8. The number of piperidine rings is 1. The maximum atomic E-state index is 11.7. The van der Waals surface area contributed by atoms with Crippen LogP contribution < -0.4 is 11.5 Å². The molecule has 0 aliphatic carbocycles. The van der Waals surface area contributed by atoms with Crippen molar-refractivity contribution < 1.29 is 14.5 Å². The fourth-order valence-corrected chi connectivity index (χ4v) is 3.72. The fraction of sp³-hybridized carbons (Fsp3) is 0.476. The van der Waals surface area contributed by atoms with Gasteiger partial charge in [0.15, 0.2) is 0 Å². The SMILES string of the molecule is CC(C)(C)OC(=O)N1CCC(CN)CC1.Nc1cc(-c2cccs2)ccc1[N+](=O)[O-]. The van der Waals surface area contributed by atoms with E-state index < -0.39 is 10.5 Å². The van der Waals surface area contributed by atoms with Crippen molar-refractivity contribution in [3.8, 4) is 10.4 Å². The molecule has 30 heavy (non-hydrogen) atoms. The van der Waals surface area contributed by atoms with Gasteiger partial charge in [-0.3, -0.25) is 10.1 Å². The van der Waals surface area contributed by atoms with Crippen molar-refractivity contribution in [2.45, 2.75) is 39.2 Å². The molecule has 0 radical (unpaired) electrons. The lowest BCUT2D eigenvalue weighted by Crippen LogP contribution is -2.42. The molecule has 4 N–H and O–H groups in total. The van der Waals surface area contributed by atoms with Crippen LogP contribution in [0, 0.1) is 16.0 Å². The molecule has 3 rings (SSSR count). The van der Waals surface area contributed by atoms with Gasteiger partial charge in [-0.25, -0.2) is 4.79 Å². The van der Waals surface area contributed by atoms with Gasteiger partial charge in [0.2, 0.25) is 0 Å². The highest BCUT2D eigenvalue weighted by Crippen LogP contribution is 2.30. The Balaban J connectivity index is 0.000000214. The number of ether oxygens (including phenoxy) is 1. The summed E-state index contributed by atoms with van der Waals surface area (Å²) >= 11 is 1.57. The van der Waals surface area contributed by atoms with Crippen molar-refractivity contribution >= 4 is 28.8 Å². The van der Waals surface area contributed by atoms with Gasteiger partial charge in [-0.1, -0.05) is 6.07 Å². The first-order chi connectivity index (χ1) is 14.1. The standard InChI is InChI=1S/C11H22N2O2.C10H8N2O2S/c1-11(2,3)15-10(14)13-6-4-9(8-12)5-7-13;11-8-6-7(10-2-1-5-15-10)3-4-9(8)12(13)14/h9H,4-8,12H2,1-3H3;1-6H,11H2. The van der Waals surface area contributed by atoms with E-state index in [2.05, 4.69) is 0 Å². The van der Waals surface area contributed by atoms with E-state index >= 15 is 0 Å². The Labute approximate surface area is 181 Å². The summed E-state index contributed by atoms with van der Waals surface area (Å²) < 4.78 is 5.30. The highest BCUT2D eigenvalue weighted by molar-refractivity contribution is 7.13. The number of carbonyl (C=O) groups excluding carboxylic acids is 1. The first kappa shape index (κ1) is 23.6. The van der Waals surface area contributed by atoms with Gasteiger partial charge in [0.25, 0.3) is 5.69 Å². The second kappa shape index (κ2) is 10.4. The van der Waals surface area contributed by atoms with E-state index in [-0.39, 0.29) is 17.5 Å². The quantitative estimate of drug-likeness (QED) is 0.416. The molecule has 9 heteroatoms. The van der Waals surface area contributed by atoms with Crippen LogP contribution in [0.3, 0.4) is 0 Å². The topological polar surface area (TPSA) is 125 Å². The number of nitrogens with two attached hydrogens (primary N) is 2. The Morgan fingerprint density at radius 2 is 1.97 bits per heavy atom. The number of benzene rings is 1. The van der Waals surface area contributed by atoms with E-state index in [1.165, 1.54) is 6.07 Å². The zero-order valence-corrected chi connectivity index (χ0v) is 18.5. The number of hydrogen-bond donors (Lipinski definition) is 2. The van der Waals surface area contributed by atoms with Gasteiger partial charge in [0.1, 0.15) is 11.3 Å². The third-order valence-electron chi connectivity index (χ3n) is 4.63. The number of anilines is 1. The number of thiophene rings is 1. The van der Waals surface area contributed by atoms with Gasteiger partial charge in [-0.15, -0.1) is 11.3 Å². The third kappa shape index (κ3) is 7.00. The summed E-state index contributed by atoms with van der Waals surface area (Å²) in [6.07, 6.45) is 1.80. The van der Waals surface area contributed by atoms with Crippen LogP contribution in [0.15, 0.2) is 35.7 Å². The van der Waals surface area contributed by atoms with Crippen LogP contribution in [-0.2, 0) is 4.74 Å². The van der Waals surface area contributed by atoms with Gasteiger partial charge < -0.3 is 21.1 Å². The number of nitrogen functional groups attached to an aromatic ring is 1. The van der Waals surface area contributed by atoms with E-state index in [9.17, 15) is 14.9 Å². The molecule has 1 aromatic carbocycles. The molecule has 1 aliphatic heterocycles. The molecule has 1 saturated heterocycles. The number of carbonyl (C=O) groups is 1. The van der Waals surface area contributed by atoms with E-state index in [0.29, 0.717) is 5.92 Å². The summed E-state index contributed by atoms with van der Waals surface area (Å²) in [6, 6.07) is 8.65. The van der Waals surface area contributed by atoms with E-state index in [1.54, 1.807) is 28.4 Å². The van der Waals surface area contributed by atoms with Gasteiger partial charge in [-0.05, 0) is 75.2 Å². The van der Waals surface area contributed by atoms with Crippen LogP contribution in [0.5, 0.6) is 0 Å². The molecular weight excluding hydrogens is 404 g/mol. The average Bonchev–Trinajstić information content (AvgIpc) is 3.22. The second-order valence-corrected chi connectivity index (χ2v) is 9.10. The zero-order valence-electron chi connectivity index (χ0n) is 17.7. The molecule has 0 spiro atoms. The van der Waals surface area contributed by atoms with Crippen molar-refractivity contribution in [2.24, 2.45) is 11.7 Å². The van der Waals surface area contributed by atoms with Crippen LogP contribution in [0.4, 0.5) is 16.2 Å². The summed E-state index contributed by atoms with van der Waals surface area (Å²) in [7, 11) is 0. The lowest BCUT2D eigenvalue weighted by Gasteiger charge is -2.32. The van der Waals surface area contributed by atoms with Crippen molar-refractivity contribution in [1.29, 1.82) is 0 Å². The predicted molar refractivity (Wildman–Crippen MR) is 120 cm³/mol. The summed E-state index contributed by atoms with van der Waals surface area (Å²) in [6.45, 7) is 7.93. The van der Waals surface area contributed by atoms with Crippen molar-refractivity contribution in [1.82, 2.24) is 4.90 Å². The molecule has 1 fully saturated rings. The molecule has 1 aromatic heterocycles. The molecule has 2 aromatic rings. The molecule has 1 aliphatic rings. The zero-order chi connectivity index (χ0) is 22.3. The minimum Gasteiger partial charge on any atom is -0.444 e. The Kier molecular flexibility index (Phi) is 8.19. The molecule has 164 valence electrons. The third-order valence-corrected chi connectivity index (χ3v) is 5.55. The molecule has 0 bridgehead atoms.